The summed E-state index contributed by atoms with van der Waals surface area (Å²) in [7, 11) is 0. The van der Waals surface area contributed by atoms with Crippen LogP contribution in [-0.2, 0) is 0 Å². The van der Waals surface area contributed by atoms with Gasteiger partial charge in [0, 0.05) is 12.4 Å². The fourth-order valence-electron chi connectivity index (χ4n) is 3.04. The van der Waals surface area contributed by atoms with Gasteiger partial charge in [0.15, 0.2) is 5.15 Å². The fraction of sp³-hybridized carbons (Fsp3) is 0.438. The van der Waals surface area contributed by atoms with Gasteiger partial charge < -0.3 is 5.73 Å². The molecule has 2 aromatic heterocycles. The van der Waals surface area contributed by atoms with Gasteiger partial charge in [-0.05, 0) is 36.8 Å². The Labute approximate surface area is 135 Å². The van der Waals surface area contributed by atoms with Gasteiger partial charge in [-0.3, -0.25) is 0 Å². The van der Waals surface area contributed by atoms with E-state index in [1.165, 1.54) is 29.5 Å². The zero-order chi connectivity index (χ0) is 15.5. The van der Waals surface area contributed by atoms with E-state index in [1.807, 2.05) is 0 Å². The lowest BCUT2D eigenvalue weighted by molar-refractivity contribution is 0.445. The van der Waals surface area contributed by atoms with E-state index >= 15 is 0 Å². The first kappa shape index (κ1) is 15.0. The maximum atomic E-state index is 6.32. The van der Waals surface area contributed by atoms with Crippen molar-refractivity contribution in [2.75, 3.05) is 5.73 Å². The van der Waals surface area contributed by atoms with Gasteiger partial charge >= 0.3 is 0 Å². The van der Waals surface area contributed by atoms with Gasteiger partial charge in [0.1, 0.15) is 5.82 Å². The number of rotatable bonds is 4. The quantitative estimate of drug-likeness (QED) is 0.929. The minimum Gasteiger partial charge on any atom is -0.383 e. The number of nitrogens with zero attached hydrogens (tertiary/aromatic N) is 4. The van der Waals surface area contributed by atoms with Gasteiger partial charge in [-0.1, -0.05) is 37.4 Å². The van der Waals surface area contributed by atoms with Crippen molar-refractivity contribution in [3.05, 3.63) is 35.3 Å². The maximum Gasteiger partial charge on any atom is 0.252 e. The molecule has 6 heteroatoms. The normalized spacial score (nSPS) is 18.3. The molecular weight excluding hydrogens is 298 g/mol. The summed E-state index contributed by atoms with van der Waals surface area (Å²) in [5.41, 5.74) is 8.28. The molecule has 2 aromatic rings. The molecule has 0 saturated heterocycles. The van der Waals surface area contributed by atoms with Gasteiger partial charge in [-0.25, -0.2) is 9.97 Å². The van der Waals surface area contributed by atoms with Crippen LogP contribution in [-0.4, -0.2) is 19.7 Å². The van der Waals surface area contributed by atoms with E-state index < -0.39 is 0 Å². The minimum atomic E-state index is 0.421. The van der Waals surface area contributed by atoms with Crippen LogP contribution in [0.3, 0.4) is 0 Å². The molecule has 2 N–H and O–H groups in total. The van der Waals surface area contributed by atoms with Crippen molar-refractivity contribution < 1.29 is 0 Å². The molecule has 3 rings (SSSR count). The lowest BCUT2D eigenvalue weighted by Gasteiger charge is -2.21. The molecule has 1 aliphatic carbocycles. The maximum absolute atomic E-state index is 6.32. The molecule has 116 valence electrons. The number of nitrogen functional groups attached to an aromatic ring is 1. The second-order valence-electron chi connectivity index (χ2n) is 5.67. The Morgan fingerprint density at radius 1 is 1.36 bits per heavy atom. The first-order valence-electron chi connectivity index (χ1n) is 7.71. The van der Waals surface area contributed by atoms with Crippen LogP contribution in [0.25, 0.3) is 11.5 Å². The zero-order valence-electron chi connectivity index (χ0n) is 12.7. The van der Waals surface area contributed by atoms with Gasteiger partial charge in [0.2, 0.25) is 0 Å². The van der Waals surface area contributed by atoms with Crippen LogP contribution in [0.1, 0.15) is 44.6 Å². The summed E-state index contributed by atoms with van der Waals surface area (Å²) in [6.45, 7) is 2.23. The van der Waals surface area contributed by atoms with Crippen LogP contribution < -0.4 is 5.73 Å². The summed E-state index contributed by atoms with van der Waals surface area (Å²) in [6, 6.07) is 1.75. The highest BCUT2D eigenvalue weighted by atomic mass is 35.5. The van der Waals surface area contributed by atoms with Crippen LogP contribution in [0.5, 0.6) is 0 Å². The predicted octanol–water partition coefficient (Wildman–Crippen LogP) is 3.88. The Bertz CT molecular complexity index is 677. The monoisotopic (exact) mass is 317 g/mol. The van der Waals surface area contributed by atoms with E-state index in [4.69, 9.17) is 17.3 Å². The Morgan fingerprint density at radius 3 is 2.77 bits per heavy atom. The average molecular weight is 318 g/mol. The Balaban J connectivity index is 1.91. The van der Waals surface area contributed by atoms with Crippen molar-refractivity contribution >= 4 is 23.0 Å². The lowest BCUT2D eigenvalue weighted by Crippen LogP contribution is -2.08. The van der Waals surface area contributed by atoms with Crippen molar-refractivity contribution in [1.82, 2.24) is 19.7 Å². The lowest BCUT2D eigenvalue weighted by atomic mass is 9.85. The molecule has 1 aliphatic rings. The fourth-order valence-corrected chi connectivity index (χ4v) is 3.33. The third-order valence-corrected chi connectivity index (χ3v) is 4.42. The number of aromatic nitrogens is 4. The molecule has 0 aromatic carbocycles. The summed E-state index contributed by atoms with van der Waals surface area (Å²) >= 11 is 6.32. The molecule has 0 amide bonds. The highest BCUT2D eigenvalue weighted by Gasteiger charge is 2.23. The SMILES string of the molecule is CCCC1CC=C(c2c(Cl)nn(-c3ncccn3)c2N)CC1. The number of hydrogen-bond acceptors (Lipinski definition) is 4. The summed E-state index contributed by atoms with van der Waals surface area (Å²) in [6.07, 6.45) is 11.4. The predicted molar refractivity (Wildman–Crippen MR) is 88.8 cm³/mol. The third kappa shape index (κ3) is 2.86. The molecule has 1 unspecified atom stereocenters. The summed E-state index contributed by atoms with van der Waals surface area (Å²) < 4.78 is 1.51. The van der Waals surface area contributed by atoms with Crippen LogP contribution in [0.2, 0.25) is 5.15 Å². The van der Waals surface area contributed by atoms with Gasteiger partial charge in [-0.2, -0.15) is 9.78 Å². The van der Waals surface area contributed by atoms with Crippen molar-refractivity contribution in [1.29, 1.82) is 0 Å². The summed E-state index contributed by atoms with van der Waals surface area (Å²) in [5, 5.41) is 4.72. The van der Waals surface area contributed by atoms with Gasteiger partial charge in [0.05, 0.1) is 5.56 Å². The van der Waals surface area contributed by atoms with Crippen LogP contribution >= 0.6 is 11.6 Å². The van der Waals surface area contributed by atoms with E-state index in [-0.39, 0.29) is 0 Å². The van der Waals surface area contributed by atoms with Crippen LogP contribution in [0, 0.1) is 5.92 Å². The largest absolute Gasteiger partial charge is 0.383 e. The molecule has 22 heavy (non-hydrogen) atoms. The van der Waals surface area contributed by atoms with Gasteiger partial charge in [-0.15, -0.1) is 0 Å². The van der Waals surface area contributed by atoms with E-state index in [2.05, 4.69) is 28.1 Å². The molecule has 0 radical (unpaired) electrons. The van der Waals surface area contributed by atoms with Crippen molar-refractivity contribution in [2.45, 2.75) is 39.0 Å². The second-order valence-corrected chi connectivity index (χ2v) is 6.03. The van der Waals surface area contributed by atoms with Crippen LogP contribution in [0.4, 0.5) is 5.82 Å². The molecule has 0 bridgehead atoms. The smallest absolute Gasteiger partial charge is 0.252 e. The molecule has 0 saturated carbocycles. The number of hydrogen-bond donors (Lipinski definition) is 1. The Morgan fingerprint density at radius 2 is 2.14 bits per heavy atom. The highest BCUT2D eigenvalue weighted by molar-refractivity contribution is 6.31. The summed E-state index contributed by atoms with van der Waals surface area (Å²) in [4.78, 5) is 8.35. The van der Waals surface area contributed by atoms with E-state index in [0.29, 0.717) is 16.9 Å². The summed E-state index contributed by atoms with van der Waals surface area (Å²) in [5.74, 6) is 1.73. The minimum absolute atomic E-state index is 0.421. The molecule has 0 aliphatic heterocycles. The second kappa shape index (κ2) is 6.48. The number of anilines is 1. The van der Waals surface area contributed by atoms with Gasteiger partial charge in [0.25, 0.3) is 5.95 Å². The highest BCUT2D eigenvalue weighted by Crippen LogP contribution is 2.38. The van der Waals surface area contributed by atoms with E-state index in [9.17, 15) is 0 Å². The number of allylic oxidation sites excluding steroid dienone is 2. The third-order valence-electron chi connectivity index (χ3n) is 4.16. The van der Waals surface area contributed by atoms with Crippen LogP contribution in [0.15, 0.2) is 24.5 Å². The first-order chi connectivity index (χ1) is 10.7. The van der Waals surface area contributed by atoms with E-state index in [1.54, 1.807) is 18.5 Å². The molecule has 2 heterocycles. The Hall–Kier alpha value is -1.88. The molecule has 5 nitrogen and oxygen atoms in total. The zero-order valence-corrected chi connectivity index (χ0v) is 13.4. The molecule has 1 atom stereocenters. The van der Waals surface area contributed by atoms with E-state index in [0.717, 1.165) is 24.3 Å². The number of halogens is 1. The van der Waals surface area contributed by atoms with Crippen molar-refractivity contribution in [3.8, 4) is 5.95 Å². The molecule has 0 fully saturated rings. The number of nitrogens with two attached hydrogens (primary N) is 1. The first-order valence-corrected chi connectivity index (χ1v) is 8.09. The van der Waals surface area contributed by atoms with Crippen molar-refractivity contribution in [2.24, 2.45) is 5.92 Å². The van der Waals surface area contributed by atoms with Crippen molar-refractivity contribution in [3.63, 3.8) is 0 Å². The molecule has 0 spiro atoms. The Kier molecular flexibility index (Phi) is 4.43. The topological polar surface area (TPSA) is 69.6 Å². The standard InChI is InChI=1S/C16H20ClN5/c1-2-4-11-5-7-12(8-6-11)13-14(17)21-22(15(13)18)16-19-9-3-10-20-16/h3,7,9-11H,2,4-6,8,18H2,1H3. The molecular formula is C16H20ClN5. The average Bonchev–Trinajstić information content (AvgIpc) is 2.84.